The minimum atomic E-state index is -0.872. The lowest BCUT2D eigenvalue weighted by molar-refractivity contribution is -0.146. The van der Waals surface area contributed by atoms with Gasteiger partial charge in [0.05, 0.1) is 11.8 Å². The van der Waals surface area contributed by atoms with Gasteiger partial charge in [0.1, 0.15) is 12.2 Å². The normalized spacial score (nSPS) is 22.9. The van der Waals surface area contributed by atoms with Crippen LogP contribution in [0.4, 0.5) is 0 Å². The predicted molar refractivity (Wildman–Crippen MR) is 61.6 cm³/mol. The van der Waals surface area contributed by atoms with E-state index in [4.69, 9.17) is 5.11 Å². The summed E-state index contributed by atoms with van der Waals surface area (Å²) in [6.45, 7) is 0.441. The number of rotatable bonds is 5. The summed E-state index contributed by atoms with van der Waals surface area (Å²) in [6.07, 6.45) is 4.03. The molecule has 0 unspecified atom stereocenters. The summed E-state index contributed by atoms with van der Waals surface area (Å²) in [5.41, 5.74) is 0. The highest BCUT2D eigenvalue weighted by molar-refractivity contribution is 5.85. The molecular formula is C11H16N4O3. The van der Waals surface area contributed by atoms with Crippen molar-refractivity contribution in [2.45, 2.75) is 25.7 Å². The highest BCUT2D eigenvalue weighted by atomic mass is 16.4. The Morgan fingerprint density at radius 2 is 2.22 bits per heavy atom. The fourth-order valence-electron chi connectivity index (χ4n) is 2.36. The Morgan fingerprint density at radius 3 is 2.89 bits per heavy atom. The van der Waals surface area contributed by atoms with Crippen LogP contribution in [0.25, 0.3) is 0 Å². The lowest BCUT2D eigenvalue weighted by Crippen LogP contribution is -2.36. The summed E-state index contributed by atoms with van der Waals surface area (Å²) in [5, 5.41) is 18.2. The van der Waals surface area contributed by atoms with Crippen molar-refractivity contribution in [1.82, 2.24) is 20.5 Å². The number of aliphatic carboxylic acids is 1. The van der Waals surface area contributed by atoms with Gasteiger partial charge >= 0.3 is 5.97 Å². The first-order chi connectivity index (χ1) is 8.68. The zero-order valence-electron chi connectivity index (χ0n) is 9.93. The highest BCUT2D eigenvalue weighted by Crippen LogP contribution is 2.31. The molecule has 1 aromatic heterocycles. The van der Waals surface area contributed by atoms with Crippen LogP contribution in [0.1, 0.15) is 25.1 Å². The first-order valence-electron chi connectivity index (χ1n) is 6.03. The van der Waals surface area contributed by atoms with Crippen LogP contribution >= 0.6 is 0 Å². The lowest BCUT2D eigenvalue weighted by atomic mass is 9.95. The number of H-pyrrole nitrogens is 1. The topological polar surface area (TPSA) is 108 Å². The molecule has 1 aromatic rings. The molecule has 2 rings (SSSR count). The summed E-state index contributed by atoms with van der Waals surface area (Å²) in [5.74, 6) is -1.26. The zero-order chi connectivity index (χ0) is 13.0. The van der Waals surface area contributed by atoms with Crippen LogP contribution in [-0.4, -0.2) is 38.7 Å². The van der Waals surface area contributed by atoms with E-state index >= 15 is 0 Å². The summed E-state index contributed by atoms with van der Waals surface area (Å²) >= 11 is 0. The average molecular weight is 252 g/mol. The third kappa shape index (κ3) is 2.85. The van der Waals surface area contributed by atoms with Crippen LogP contribution in [0.15, 0.2) is 6.33 Å². The molecule has 3 N–H and O–H groups in total. The Kier molecular flexibility index (Phi) is 3.91. The van der Waals surface area contributed by atoms with Crippen LogP contribution in [0.3, 0.4) is 0 Å². The van der Waals surface area contributed by atoms with Gasteiger partial charge in [-0.1, -0.05) is 6.42 Å². The second-order valence-electron chi connectivity index (χ2n) is 4.46. The number of amides is 1. The molecule has 1 aliphatic rings. The first-order valence-corrected chi connectivity index (χ1v) is 6.03. The Balaban J connectivity index is 1.79. The van der Waals surface area contributed by atoms with Crippen molar-refractivity contribution in [1.29, 1.82) is 0 Å². The van der Waals surface area contributed by atoms with Gasteiger partial charge in [0.15, 0.2) is 0 Å². The van der Waals surface area contributed by atoms with Gasteiger partial charge in [-0.3, -0.25) is 14.7 Å². The van der Waals surface area contributed by atoms with Crippen LogP contribution < -0.4 is 5.32 Å². The van der Waals surface area contributed by atoms with E-state index in [2.05, 4.69) is 20.5 Å². The average Bonchev–Trinajstić information content (AvgIpc) is 2.99. The number of hydrogen-bond acceptors (Lipinski definition) is 4. The minimum Gasteiger partial charge on any atom is -0.481 e. The quantitative estimate of drug-likeness (QED) is 0.681. The van der Waals surface area contributed by atoms with Gasteiger partial charge in [0.25, 0.3) is 0 Å². The zero-order valence-corrected chi connectivity index (χ0v) is 9.93. The first kappa shape index (κ1) is 12.5. The number of nitrogens with one attached hydrogen (secondary N) is 2. The Morgan fingerprint density at radius 1 is 1.44 bits per heavy atom. The highest BCUT2D eigenvalue weighted by Gasteiger charge is 2.37. The number of carbonyl (C=O) groups excluding carboxylic acids is 1. The number of aromatic amines is 1. The molecule has 0 aliphatic heterocycles. The van der Waals surface area contributed by atoms with Gasteiger partial charge in [0, 0.05) is 13.0 Å². The van der Waals surface area contributed by atoms with E-state index in [9.17, 15) is 9.59 Å². The predicted octanol–water partition coefficient (Wildman–Crippen LogP) is -0.0357. The Hall–Kier alpha value is -1.92. The molecule has 7 nitrogen and oxygen atoms in total. The van der Waals surface area contributed by atoms with Crippen LogP contribution in [0, 0.1) is 11.8 Å². The van der Waals surface area contributed by atoms with Crippen molar-refractivity contribution in [2.24, 2.45) is 11.8 Å². The molecule has 1 heterocycles. The maximum atomic E-state index is 11.9. The number of carboxylic acid groups (broad SMARTS) is 1. The summed E-state index contributed by atoms with van der Waals surface area (Å²) in [7, 11) is 0. The number of aromatic nitrogens is 3. The van der Waals surface area contributed by atoms with E-state index in [1.165, 1.54) is 6.33 Å². The molecule has 0 spiro atoms. The molecular weight excluding hydrogens is 236 g/mol. The largest absolute Gasteiger partial charge is 0.481 e. The van der Waals surface area contributed by atoms with E-state index in [-0.39, 0.29) is 5.91 Å². The summed E-state index contributed by atoms with van der Waals surface area (Å²) < 4.78 is 0. The van der Waals surface area contributed by atoms with Gasteiger partial charge in [0.2, 0.25) is 5.91 Å². The minimum absolute atomic E-state index is 0.167. The van der Waals surface area contributed by atoms with Crippen molar-refractivity contribution in [3.05, 3.63) is 12.2 Å². The number of carboxylic acids is 1. The fourth-order valence-corrected chi connectivity index (χ4v) is 2.36. The van der Waals surface area contributed by atoms with Gasteiger partial charge < -0.3 is 10.4 Å². The van der Waals surface area contributed by atoms with Crippen LogP contribution in [0.5, 0.6) is 0 Å². The molecule has 0 aromatic carbocycles. The van der Waals surface area contributed by atoms with Gasteiger partial charge in [-0.25, -0.2) is 4.98 Å². The molecule has 1 aliphatic carbocycles. The van der Waals surface area contributed by atoms with Crippen molar-refractivity contribution < 1.29 is 14.7 Å². The van der Waals surface area contributed by atoms with Crippen molar-refractivity contribution in [2.75, 3.05) is 6.54 Å². The maximum absolute atomic E-state index is 11.9. The molecule has 0 saturated heterocycles. The maximum Gasteiger partial charge on any atom is 0.307 e. The Bertz CT molecular complexity index is 418. The van der Waals surface area contributed by atoms with Gasteiger partial charge in [-0.15, -0.1) is 0 Å². The van der Waals surface area contributed by atoms with Crippen molar-refractivity contribution in [3.8, 4) is 0 Å². The molecule has 7 heteroatoms. The summed E-state index contributed by atoms with van der Waals surface area (Å²) in [6, 6.07) is 0. The van der Waals surface area contributed by atoms with E-state index in [0.29, 0.717) is 31.6 Å². The molecule has 98 valence electrons. The standard InChI is InChI=1S/C11H16N4O3/c16-10(7-2-1-3-8(7)11(17)18)12-5-4-9-13-6-14-15-9/h6-8H,1-5H2,(H,12,16)(H,17,18)(H,13,14,15)/t7-,8+/m1/s1. The number of carbonyl (C=O) groups is 2. The lowest BCUT2D eigenvalue weighted by Gasteiger charge is -2.15. The second-order valence-corrected chi connectivity index (χ2v) is 4.46. The fraction of sp³-hybridized carbons (Fsp3) is 0.636. The van der Waals surface area contributed by atoms with E-state index in [1.54, 1.807) is 0 Å². The SMILES string of the molecule is O=C(O)[C@H]1CCC[C@H]1C(=O)NCCc1ncn[nH]1. The molecule has 0 radical (unpaired) electrons. The van der Waals surface area contributed by atoms with Crippen LogP contribution in [0.2, 0.25) is 0 Å². The molecule has 1 saturated carbocycles. The summed E-state index contributed by atoms with van der Waals surface area (Å²) in [4.78, 5) is 26.8. The third-order valence-corrected chi connectivity index (χ3v) is 3.30. The molecule has 0 bridgehead atoms. The number of hydrogen-bond donors (Lipinski definition) is 3. The van der Waals surface area contributed by atoms with Crippen LogP contribution in [-0.2, 0) is 16.0 Å². The van der Waals surface area contributed by atoms with Gasteiger partial charge in [-0.2, -0.15) is 5.10 Å². The molecule has 1 fully saturated rings. The van der Waals surface area contributed by atoms with Gasteiger partial charge in [-0.05, 0) is 12.8 Å². The van der Waals surface area contributed by atoms with E-state index in [0.717, 1.165) is 6.42 Å². The number of nitrogens with zero attached hydrogens (tertiary/aromatic N) is 2. The van der Waals surface area contributed by atoms with E-state index < -0.39 is 17.8 Å². The van der Waals surface area contributed by atoms with Crippen molar-refractivity contribution >= 4 is 11.9 Å². The molecule has 2 atom stereocenters. The second kappa shape index (κ2) is 5.61. The monoisotopic (exact) mass is 252 g/mol. The molecule has 1 amide bonds. The molecule has 18 heavy (non-hydrogen) atoms. The van der Waals surface area contributed by atoms with E-state index in [1.807, 2.05) is 0 Å². The van der Waals surface area contributed by atoms with Crippen molar-refractivity contribution in [3.63, 3.8) is 0 Å². The smallest absolute Gasteiger partial charge is 0.307 e. The third-order valence-electron chi connectivity index (χ3n) is 3.30. The Labute approximate surface area is 104 Å².